The van der Waals surface area contributed by atoms with Crippen LogP contribution < -0.4 is 10.2 Å². The molecule has 0 aliphatic carbocycles. The summed E-state index contributed by atoms with van der Waals surface area (Å²) in [5, 5.41) is 2.82. The minimum atomic E-state index is -1.43. The minimum absolute atomic E-state index is 0.138. The number of hydrogen-bond acceptors (Lipinski definition) is 14. The maximum absolute atomic E-state index is 13.1. The molecule has 1 fully saturated rings. The van der Waals surface area contributed by atoms with Crippen LogP contribution in [0, 0.1) is 6.92 Å². The van der Waals surface area contributed by atoms with E-state index in [4.69, 9.17) is 32.8 Å². The molecule has 14 heteroatoms. The van der Waals surface area contributed by atoms with Crippen LogP contribution in [-0.2, 0) is 42.9 Å². The fourth-order valence-corrected chi connectivity index (χ4v) is 4.88. The van der Waals surface area contributed by atoms with Gasteiger partial charge in [-0.15, -0.1) is 11.3 Å². The minimum Gasteiger partial charge on any atom is -0.463 e. The topological polar surface area (TPSA) is 167 Å². The number of fused-ring (bicyclic) bond motifs is 1. The molecule has 0 amide bonds. The van der Waals surface area contributed by atoms with Crippen LogP contribution in [0.3, 0.4) is 0 Å². The smallest absolute Gasteiger partial charge is 0.303 e. The summed E-state index contributed by atoms with van der Waals surface area (Å²) in [5.41, 5.74) is 0.695. The Morgan fingerprint density at radius 3 is 2.20 bits per heavy atom. The number of carbonyl (C=O) groups is 4. The first-order valence-corrected chi connectivity index (χ1v) is 13.3. The molecule has 218 valence electrons. The number of rotatable bonds is 8. The lowest BCUT2D eigenvalue weighted by atomic mass is 9.98. The van der Waals surface area contributed by atoms with Crippen LogP contribution >= 0.6 is 11.3 Å². The maximum atomic E-state index is 13.1. The molecule has 5 atom stereocenters. The maximum Gasteiger partial charge on any atom is 0.303 e. The molecule has 0 bridgehead atoms. The van der Waals surface area contributed by atoms with Crippen LogP contribution in [0.5, 0.6) is 5.75 Å². The van der Waals surface area contributed by atoms with Crippen molar-refractivity contribution in [1.82, 2.24) is 4.98 Å². The number of nitrogens with zero attached hydrogens (tertiary/aromatic N) is 1. The summed E-state index contributed by atoms with van der Waals surface area (Å²) in [7, 11) is 0. The Bertz CT molecular complexity index is 1530. The summed E-state index contributed by atoms with van der Waals surface area (Å²) >= 11 is 1.40. The first-order chi connectivity index (χ1) is 19.4. The zero-order chi connectivity index (χ0) is 29.8. The molecule has 1 aliphatic heterocycles. The lowest BCUT2D eigenvalue weighted by Crippen LogP contribution is -2.63. The van der Waals surface area contributed by atoms with E-state index >= 15 is 0 Å². The van der Waals surface area contributed by atoms with Gasteiger partial charge in [-0.1, -0.05) is 0 Å². The Hall–Kier alpha value is -4.30. The van der Waals surface area contributed by atoms with Gasteiger partial charge in [-0.3, -0.25) is 24.0 Å². The average Bonchev–Trinajstić information content (AvgIpc) is 3.31. The van der Waals surface area contributed by atoms with E-state index in [0.717, 1.165) is 25.8 Å². The third kappa shape index (κ3) is 7.08. The number of esters is 4. The van der Waals surface area contributed by atoms with Crippen molar-refractivity contribution < 1.29 is 52.0 Å². The monoisotopic (exact) mass is 589 g/mol. The van der Waals surface area contributed by atoms with E-state index < -0.39 is 61.2 Å². The van der Waals surface area contributed by atoms with Gasteiger partial charge < -0.3 is 32.8 Å². The lowest BCUT2D eigenvalue weighted by Gasteiger charge is -2.43. The Kier molecular flexibility index (Phi) is 9.03. The van der Waals surface area contributed by atoms with Gasteiger partial charge in [0.15, 0.2) is 12.2 Å². The Morgan fingerprint density at radius 2 is 1.59 bits per heavy atom. The summed E-state index contributed by atoms with van der Waals surface area (Å²) in [6.45, 7) is 5.97. The fraction of sp³-hybridized carbons (Fsp3) is 0.407. The predicted octanol–water partition coefficient (Wildman–Crippen LogP) is 2.69. The largest absolute Gasteiger partial charge is 0.463 e. The SMILES string of the molecule is CC(=O)OCC1OC(Oc2ccc3c(=O)c(-c4csc(C)n4)coc3c2)C(OC(C)=O)C(OC(C)=O)C1OC(C)=O. The van der Waals surface area contributed by atoms with Crippen molar-refractivity contribution >= 4 is 46.2 Å². The highest BCUT2D eigenvalue weighted by Gasteiger charge is 2.53. The number of carbonyl (C=O) groups excluding carboxylic acids is 4. The van der Waals surface area contributed by atoms with Crippen molar-refractivity contribution in [2.24, 2.45) is 0 Å². The number of aryl methyl sites for hydroxylation is 1. The molecule has 2 aromatic heterocycles. The molecule has 4 rings (SSSR count). The van der Waals surface area contributed by atoms with E-state index in [1.54, 1.807) is 5.38 Å². The van der Waals surface area contributed by atoms with Crippen molar-refractivity contribution in [2.45, 2.75) is 65.3 Å². The number of aromatic nitrogens is 1. The first-order valence-electron chi connectivity index (χ1n) is 12.4. The van der Waals surface area contributed by atoms with E-state index in [1.807, 2.05) is 6.92 Å². The van der Waals surface area contributed by atoms with Gasteiger partial charge in [0.05, 0.1) is 21.7 Å². The summed E-state index contributed by atoms with van der Waals surface area (Å²) in [4.78, 5) is 64.9. The average molecular weight is 590 g/mol. The first kappa shape index (κ1) is 29.7. The van der Waals surface area contributed by atoms with Gasteiger partial charge >= 0.3 is 23.9 Å². The second-order valence-corrected chi connectivity index (χ2v) is 10.1. The second-order valence-electron chi connectivity index (χ2n) is 9.07. The molecule has 0 saturated carbocycles. The van der Waals surface area contributed by atoms with Crippen LogP contribution in [0.15, 0.2) is 39.1 Å². The van der Waals surface area contributed by atoms with Crippen molar-refractivity contribution in [3.8, 4) is 17.0 Å². The molecule has 0 radical (unpaired) electrons. The summed E-state index contributed by atoms with van der Waals surface area (Å²) in [6, 6.07) is 4.40. The van der Waals surface area contributed by atoms with Crippen molar-refractivity contribution in [1.29, 1.82) is 0 Å². The van der Waals surface area contributed by atoms with Gasteiger partial charge in [0.25, 0.3) is 0 Å². The van der Waals surface area contributed by atoms with E-state index in [-0.39, 0.29) is 22.1 Å². The number of ether oxygens (including phenoxy) is 6. The van der Waals surface area contributed by atoms with Crippen molar-refractivity contribution in [2.75, 3.05) is 6.61 Å². The molecule has 41 heavy (non-hydrogen) atoms. The third-order valence-electron chi connectivity index (χ3n) is 5.84. The molecule has 1 saturated heterocycles. The van der Waals surface area contributed by atoms with Gasteiger partial charge in [0, 0.05) is 39.1 Å². The van der Waals surface area contributed by atoms with Crippen LogP contribution in [0.25, 0.3) is 22.2 Å². The van der Waals surface area contributed by atoms with Crippen LogP contribution in [0.4, 0.5) is 0 Å². The third-order valence-corrected chi connectivity index (χ3v) is 6.61. The fourth-order valence-electron chi connectivity index (χ4n) is 4.26. The molecular formula is C27H27NO12S. The predicted molar refractivity (Wildman–Crippen MR) is 141 cm³/mol. The molecule has 0 spiro atoms. The Labute approximate surface area is 237 Å². The van der Waals surface area contributed by atoms with E-state index in [0.29, 0.717) is 11.3 Å². The highest BCUT2D eigenvalue weighted by atomic mass is 32.1. The Morgan fingerprint density at radius 1 is 0.927 bits per heavy atom. The van der Waals surface area contributed by atoms with Gasteiger partial charge in [-0.05, 0) is 19.1 Å². The molecule has 3 heterocycles. The van der Waals surface area contributed by atoms with Crippen LogP contribution in [0.2, 0.25) is 0 Å². The second kappa shape index (κ2) is 12.5. The summed E-state index contributed by atoms with van der Waals surface area (Å²) in [6.07, 6.45) is -5.42. The van der Waals surface area contributed by atoms with Gasteiger partial charge in [0.2, 0.25) is 17.8 Å². The van der Waals surface area contributed by atoms with Crippen LogP contribution in [0.1, 0.15) is 32.7 Å². The molecule has 1 aromatic carbocycles. The number of benzene rings is 1. The molecular weight excluding hydrogens is 562 g/mol. The van der Waals surface area contributed by atoms with Crippen molar-refractivity contribution in [3.05, 3.63) is 45.1 Å². The summed E-state index contributed by atoms with van der Waals surface area (Å²) in [5.74, 6) is -2.79. The zero-order valence-corrected chi connectivity index (χ0v) is 23.6. The van der Waals surface area contributed by atoms with E-state index in [2.05, 4.69) is 4.98 Å². The quantitative estimate of drug-likeness (QED) is 0.278. The highest BCUT2D eigenvalue weighted by Crippen LogP contribution is 2.32. The Balaban J connectivity index is 1.70. The zero-order valence-electron chi connectivity index (χ0n) is 22.7. The summed E-state index contributed by atoms with van der Waals surface area (Å²) < 4.78 is 38.9. The highest BCUT2D eigenvalue weighted by molar-refractivity contribution is 7.09. The number of thiazole rings is 1. The lowest BCUT2D eigenvalue weighted by molar-refractivity contribution is -0.288. The van der Waals surface area contributed by atoms with E-state index in [1.165, 1.54) is 42.7 Å². The molecule has 5 unspecified atom stereocenters. The van der Waals surface area contributed by atoms with E-state index in [9.17, 15) is 24.0 Å². The molecule has 13 nitrogen and oxygen atoms in total. The number of hydrogen-bond donors (Lipinski definition) is 0. The van der Waals surface area contributed by atoms with Gasteiger partial charge in [0.1, 0.15) is 30.3 Å². The van der Waals surface area contributed by atoms with Crippen LogP contribution in [-0.4, -0.2) is 66.2 Å². The van der Waals surface area contributed by atoms with Gasteiger partial charge in [-0.2, -0.15) is 0 Å². The molecule has 3 aromatic rings. The molecule has 1 aliphatic rings. The normalized spacial score (nSPS) is 22.0. The van der Waals surface area contributed by atoms with Gasteiger partial charge in [-0.25, -0.2) is 4.98 Å². The molecule has 0 N–H and O–H groups in total. The van der Waals surface area contributed by atoms with Crippen molar-refractivity contribution in [3.63, 3.8) is 0 Å². The standard InChI is InChI=1S/C27H27NO12S/c1-12-28-20(11-41-12)19-9-35-21-8-17(6-7-18(21)23(19)33)39-27-26(38-16(5)32)25(37-15(4)31)24(36-14(3)30)22(40-27)10-34-13(2)29/h6-9,11,22,24-27H,10H2,1-5H3.